The molecule has 0 spiro atoms. The van der Waals surface area contributed by atoms with Crippen LogP contribution in [0.5, 0.6) is 28.7 Å². The second kappa shape index (κ2) is 9.32. The molecule has 0 radical (unpaired) electrons. The first-order chi connectivity index (χ1) is 16.4. The molecule has 9 heteroatoms. The Kier molecular flexibility index (Phi) is 6.45. The number of ether oxygens (including phenoxy) is 7. The maximum absolute atomic E-state index is 13.0. The van der Waals surface area contributed by atoms with Gasteiger partial charge in [0.2, 0.25) is 5.75 Å². The summed E-state index contributed by atoms with van der Waals surface area (Å²) in [4.78, 5) is 25.0. The highest BCUT2D eigenvalue weighted by molar-refractivity contribution is 5.79. The van der Waals surface area contributed by atoms with E-state index in [1.165, 1.54) is 42.5 Å². The van der Waals surface area contributed by atoms with Gasteiger partial charge in [-0.15, -0.1) is 0 Å². The van der Waals surface area contributed by atoms with Crippen LogP contribution in [0.3, 0.4) is 0 Å². The van der Waals surface area contributed by atoms with Gasteiger partial charge in [0, 0.05) is 24.3 Å². The molecule has 0 bridgehead atoms. The molecule has 0 unspecified atom stereocenters. The molecule has 0 N–H and O–H groups in total. The van der Waals surface area contributed by atoms with Crippen LogP contribution < -0.4 is 23.7 Å². The van der Waals surface area contributed by atoms with E-state index < -0.39 is 23.9 Å². The van der Waals surface area contributed by atoms with Gasteiger partial charge >= 0.3 is 11.9 Å². The quantitative estimate of drug-likeness (QED) is 0.562. The SMILES string of the molecule is COc1cc2c(cc1OC)[C@H](OC(C)=O)[C@H]1COC(=O)[C@@H]1[C@@H]2c1cc(OC)c(OC)c(OC)c1. The minimum absolute atomic E-state index is 0.135. The van der Waals surface area contributed by atoms with Crippen molar-refractivity contribution < 1.29 is 42.7 Å². The lowest BCUT2D eigenvalue weighted by atomic mass is 9.66. The Morgan fingerprint density at radius 2 is 1.38 bits per heavy atom. The zero-order valence-corrected chi connectivity index (χ0v) is 20.0. The molecule has 9 nitrogen and oxygen atoms in total. The fraction of sp³-hybridized carbons (Fsp3) is 0.440. The van der Waals surface area contributed by atoms with E-state index in [2.05, 4.69) is 0 Å². The third-order valence-electron chi connectivity index (χ3n) is 6.47. The topological polar surface area (TPSA) is 98.8 Å². The summed E-state index contributed by atoms with van der Waals surface area (Å²) >= 11 is 0. The molecule has 182 valence electrons. The van der Waals surface area contributed by atoms with Gasteiger partial charge in [0.1, 0.15) is 6.10 Å². The molecule has 0 amide bonds. The van der Waals surface area contributed by atoms with Crippen molar-refractivity contribution in [2.75, 3.05) is 42.2 Å². The summed E-state index contributed by atoms with van der Waals surface area (Å²) < 4.78 is 38.9. The second-order valence-corrected chi connectivity index (χ2v) is 8.12. The molecule has 1 saturated heterocycles. The Labute approximate surface area is 197 Å². The number of hydrogen-bond donors (Lipinski definition) is 0. The van der Waals surface area contributed by atoms with Crippen molar-refractivity contribution in [1.82, 2.24) is 0 Å². The standard InChI is InChI=1S/C25H28O9/c1-12(26)34-23-15-10-18(29-3)17(28-2)9-14(15)21(22-16(23)11-33-25(22)27)13-7-19(30-4)24(32-6)20(8-13)31-5/h7-10,16,21-23H,11H2,1-6H3/t16-,21+,22-,23-/m0/s1. The lowest BCUT2D eigenvalue weighted by molar-refractivity contribution is -0.152. The third kappa shape index (κ3) is 3.74. The van der Waals surface area contributed by atoms with E-state index in [0.717, 1.165) is 16.7 Å². The van der Waals surface area contributed by atoms with Crippen LogP contribution in [-0.2, 0) is 19.1 Å². The number of methoxy groups -OCH3 is 5. The number of carbonyl (C=O) groups is 2. The maximum Gasteiger partial charge on any atom is 0.310 e. The van der Waals surface area contributed by atoms with Crippen molar-refractivity contribution in [3.8, 4) is 28.7 Å². The molecule has 0 aromatic heterocycles. The summed E-state index contributed by atoms with van der Waals surface area (Å²) in [6.45, 7) is 1.48. The molecule has 4 atom stereocenters. The van der Waals surface area contributed by atoms with Crippen molar-refractivity contribution in [3.05, 3.63) is 41.0 Å². The number of cyclic esters (lactones) is 1. The van der Waals surface area contributed by atoms with Crippen molar-refractivity contribution in [3.63, 3.8) is 0 Å². The average Bonchev–Trinajstić information content (AvgIpc) is 3.22. The van der Waals surface area contributed by atoms with E-state index in [1.807, 2.05) is 18.2 Å². The Morgan fingerprint density at radius 3 is 1.88 bits per heavy atom. The number of benzene rings is 2. The molecule has 4 rings (SSSR count). The highest BCUT2D eigenvalue weighted by atomic mass is 16.6. The molecular weight excluding hydrogens is 444 g/mol. The summed E-state index contributed by atoms with van der Waals surface area (Å²) in [6, 6.07) is 7.26. The molecule has 2 aromatic carbocycles. The van der Waals surface area contributed by atoms with Crippen molar-refractivity contribution in [2.24, 2.45) is 11.8 Å². The Hall–Kier alpha value is -3.62. The van der Waals surface area contributed by atoms with Crippen LogP contribution >= 0.6 is 0 Å². The fourth-order valence-corrected chi connectivity index (χ4v) is 5.06. The fourth-order valence-electron chi connectivity index (χ4n) is 5.06. The Morgan fingerprint density at radius 1 is 0.824 bits per heavy atom. The minimum Gasteiger partial charge on any atom is -0.493 e. The van der Waals surface area contributed by atoms with Crippen LogP contribution in [-0.4, -0.2) is 54.1 Å². The average molecular weight is 472 g/mol. The van der Waals surface area contributed by atoms with Gasteiger partial charge < -0.3 is 33.2 Å². The molecule has 0 saturated carbocycles. The molecule has 2 aliphatic rings. The smallest absolute Gasteiger partial charge is 0.310 e. The van der Waals surface area contributed by atoms with E-state index >= 15 is 0 Å². The largest absolute Gasteiger partial charge is 0.493 e. The van der Waals surface area contributed by atoms with Crippen LogP contribution in [0.25, 0.3) is 0 Å². The predicted octanol–water partition coefficient (Wildman–Crippen LogP) is 3.27. The molecule has 1 heterocycles. The zero-order chi connectivity index (χ0) is 24.6. The second-order valence-electron chi connectivity index (χ2n) is 8.12. The molecule has 1 fully saturated rings. The summed E-state index contributed by atoms with van der Waals surface area (Å²) in [6.07, 6.45) is -0.679. The molecule has 1 aliphatic carbocycles. The van der Waals surface area contributed by atoms with Crippen molar-refractivity contribution in [2.45, 2.75) is 18.9 Å². The van der Waals surface area contributed by atoms with E-state index in [4.69, 9.17) is 33.2 Å². The van der Waals surface area contributed by atoms with Crippen LogP contribution in [0.2, 0.25) is 0 Å². The minimum atomic E-state index is -0.679. The van der Waals surface area contributed by atoms with Gasteiger partial charge in [0.25, 0.3) is 0 Å². The number of fused-ring (bicyclic) bond motifs is 2. The first kappa shape index (κ1) is 23.5. The highest BCUT2D eigenvalue weighted by Gasteiger charge is 2.53. The van der Waals surface area contributed by atoms with E-state index in [0.29, 0.717) is 28.7 Å². The number of hydrogen-bond acceptors (Lipinski definition) is 9. The van der Waals surface area contributed by atoms with E-state index in [1.54, 1.807) is 6.07 Å². The van der Waals surface area contributed by atoms with Crippen LogP contribution in [0.1, 0.15) is 35.6 Å². The zero-order valence-electron chi connectivity index (χ0n) is 20.0. The van der Waals surface area contributed by atoms with E-state index in [9.17, 15) is 9.59 Å². The van der Waals surface area contributed by atoms with E-state index in [-0.39, 0.29) is 18.5 Å². The van der Waals surface area contributed by atoms with Crippen LogP contribution in [0.4, 0.5) is 0 Å². The van der Waals surface area contributed by atoms with Gasteiger partial charge in [-0.25, -0.2) is 0 Å². The van der Waals surface area contributed by atoms with Gasteiger partial charge in [-0.05, 0) is 35.4 Å². The first-order valence-electron chi connectivity index (χ1n) is 10.8. The van der Waals surface area contributed by atoms with Gasteiger partial charge in [-0.1, -0.05) is 0 Å². The Balaban J connectivity index is 2.01. The number of rotatable bonds is 7. The monoisotopic (exact) mass is 472 g/mol. The number of esters is 2. The normalized spacial score (nSPS) is 22.7. The Bertz CT molecular complexity index is 1080. The molecule has 2 aromatic rings. The summed E-state index contributed by atoms with van der Waals surface area (Å²) in [5, 5.41) is 0. The van der Waals surface area contributed by atoms with Crippen molar-refractivity contribution >= 4 is 11.9 Å². The van der Waals surface area contributed by atoms with Crippen molar-refractivity contribution in [1.29, 1.82) is 0 Å². The lowest BCUT2D eigenvalue weighted by Gasteiger charge is -2.38. The molecular formula is C25H28O9. The summed E-state index contributed by atoms with van der Waals surface area (Å²) in [5.41, 5.74) is 2.25. The highest BCUT2D eigenvalue weighted by Crippen LogP contribution is 2.56. The van der Waals surface area contributed by atoms with Gasteiger partial charge in [-0.3, -0.25) is 9.59 Å². The summed E-state index contributed by atoms with van der Waals surface area (Å²) in [5.74, 6) is 0.111. The maximum atomic E-state index is 13.0. The van der Waals surface area contributed by atoms with Gasteiger partial charge in [0.15, 0.2) is 23.0 Å². The third-order valence-corrected chi connectivity index (χ3v) is 6.47. The summed E-state index contributed by atoms with van der Waals surface area (Å²) in [7, 11) is 7.68. The van der Waals surface area contributed by atoms with Crippen LogP contribution in [0, 0.1) is 11.8 Å². The van der Waals surface area contributed by atoms with Crippen LogP contribution in [0.15, 0.2) is 24.3 Å². The van der Waals surface area contributed by atoms with Gasteiger partial charge in [0.05, 0.1) is 48.1 Å². The molecule has 34 heavy (non-hydrogen) atoms. The van der Waals surface area contributed by atoms with Gasteiger partial charge in [-0.2, -0.15) is 0 Å². The first-order valence-corrected chi connectivity index (χ1v) is 10.8. The predicted molar refractivity (Wildman–Crippen MR) is 120 cm³/mol. The molecule has 1 aliphatic heterocycles. The lowest BCUT2D eigenvalue weighted by Crippen LogP contribution is -2.36. The number of carbonyl (C=O) groups excluding carboxylic acids is 2.